The van der Waals surface area contributed by atoms with Crippen LogP contribution >= 0.6 is 0 Å². The number of urea groups is 1. The Labute approximate surface area is 365 Å². The fourth-order valence-electron chi connectivity index (χ4n) is 9.04. The number of hydrogen-bond acceptors (Lipinski definition) is 10. The zero-order valence-electron chi connectivity index (χ0n) is 36.2. The number of hydrogen-bond donors (Lipinski definition) is 3. The van der Waals surface area contributed by atoms with E-state index >= 15 is 4.39 Å². The van der Waals surface area contributed by atoms with E-state index in [0.717, 1.165) is 80.6 Å². The lowest BCUT2D eigenvalue weighted by Gasteiger charge is -2.38. The standard InChI is InChI=1S/C48H53FN10O4/c1-29-34(26-51-45(61)44-53-46(63-56-44)48(2,3)4)9-14-38(41(29)49)42-39-25-35(27-50-43(39)55-54-42)32-7-5-31(6-8-32)33-17-20-57(21-18-33)28-30-15-22-58(23-16-30)36-10-12-37(13-11-36)59-24-19-40(60)52-47(59)62/h5-14,25,27,30,33H,15-24,26,28H2,1-4H3,(H,51,61)(H,50,54,55)(H,52,60,62). The smallest absolute Gasteiger partial charge is 0.328 e. The third-order valence-corrected chi connectivity index (χ3v) is 12.9. The summed E-state index contributed by atoms with van der Waals surface area (Å²) in [4.78, 5) is 52.0. The first-order valence-corrected chi connectivity index (χ1v) is 21.9. The maximum absolute atomic E-state index is 16.0. The van der Waals surface area contributed by atoms with Gasteiger partial charge in [0.2, 0.25) is 11.8 Å². The number of aromatic amines is 1. The van der Waals surface area contributed by atoms with Gasteiger partial charge in [-0.05, 0) is 116 Å². The van der Waals surface area contributed by atoms with Gasteiger partial charge < -0.3 is 19.6 Å². The van der Waals surface area contributed by atoms with Crippen LogP contribution in [0.5, 0.6) is 0 Å². The molecule has 3 aromatic heterocycles. The minimum absolute atomic E-state index is 0.0624. The molecule has 0 atom stereocenters. The fourth-order valence-corrected chi connectivity index (χ4v) is 9.04. The number of imide groups is 1. The fraction of sp³-hybridized carbons (Fsp3) is 0.396. The van der Waals surface area contributed by atoms with Crippen LogP contribution in [0.4, 0.5) is 20.6 Å². The monoisotopic (exact) mass is 852 g/mol. The van der Waals surface area contributed by atoms with E-state index in [9.17, 15) is 14.4 Å². The van der Waals surface area contributed by atoms with E-state index in [0.29, 0.717) is 58.7 Å². The summed E-state index contributed by atoms with van der Waals surface area (Å²) in [6, 6.07) is 22.1. The molecule has 9 rings (SSSR count). The number of nitrogens with zero attached hydrogens (tertiary/aromatic N) is 7. The first kappa shape index (κ1) is 41.9. The number of carbonyl (C=O) groups is 3. The summed E-state index contributed by atoms with van der Waals surface area (Å²) < 4.78 is 21.3. The molecule has 0 aliphatic carbocycles. The molecule has 0 bridgehead atoms. The summed E-state index contributed by atoms with van der Waals surface area (Å²) in [7, 11) is 0. The Hall–Kier alpha value is -6.48. The van der Waals surface area contributed by atoms with Gasteiger partial charge >= 0.3 is 6.03 Å². The highest BCUT2D eigenvalue weighted by Gasteiger charge is 2.28. The number of carbonyl (C=O) groups excluding carboxylic acids is 3. The van der Waals surface area contributed by atoms with Crippen molar-refractivity contribution in [3.63, 3.8) is 0 Å². The van der Waals surface area contributed by atoms with E-state index in [-0.39, 0.29) is 29.7 Å². The van der Waals surface area contributed by atoms with Gasteiger partial charge in [0.15, 0.2) is 5.65 Å². The Balaban J connectivity index is 0.771. The number of benzene rings is 3. The predicted molar refractivity (Wildman–Crippen MR) is 239 cm³/mol. The van der Waals surface area contributed by atoms with E-state index in [1.807, 2.05) is 45.2 Å². The van der Waals surface area contributed by atoms with Gasteiger partial charge in [-0.1, -0.05) is 56.3 Å². The van der Waals surface area contributed by atoms with Crippen molar-refractivity contribution in [3.8, 4) is 22.4 Å². The van der Waals surface area contributed by atoms with Crippen molar-refractivity contribution in [1.29, 1.82) is 0 Å². The van der Waals surface area contributed by atoms with Crippen molar-refractivity contribution in [2.45, 2.75) is 77.7 Å². The number of fused-ring (bicyclic) bond motifs is 1. The molecular formula is C48H53FN10O4. The molecule has 326 valence electrons. The molecule has 0 saturated carbocycles. The lowest BCUT2D eigenvalue weighted by atomic mass is 9.87. The summed E-state index contributed by atoms with van der Waals surface area (Å²) in [5.74, 6) is 0.374. The van der Waals surface area contributed by atoms with Gasteiger partial charge in [0.1, 0.15) is 5.82 Å². The van der Waals surface area contributed by atoms with Crippen LogP contribution in [0.15, 0.2) is 77.4 Å². The van der Waals surface area contributed by atoms with Crippen molar-refractivity contribution >= 4 is 40.3 Å². The predicted octanol–water partition coefficient (Wildman–Crippen LogP) is 7.89. The minimum Gasteiger partial charge on any atom is -0.372 e. The van der Waals surface area contributed by atoms with Gasteiger partial charge in [-0.25, -0.2) is 14.2 Å². The second-order valence-electron chi connectivity index (χ2n) is 18.2. The second kappa shape index (κ2) is 17.4. The Morgan fingerprint density at radius 1 is 0.905 bits per heavy atom. The maximum atomic E-state index is 16.0. The molecule has 3 fully saturated rings. The number of amides is 4. The maximum Gasteiger partial charge on any atom is 0.328 e. The summed E-state index contributed by atoms with van der Waals surface area (Å²) >= 11 is 0. The minimum atomic E-state index is -0.496. The van der Waals surface area contributed by atoms with Crippen molar-refractivity contribution in [1.82, 2.24) is 40.9 Å². The molecule has 63 heavy (non-hydrogen) atoms. The molecular weight excluding hydrogens is 800 g/mol. The van der Waals surface area contributed by atoms with Crippen molar-refractivity contribution in [2.75, 3.05) is 49.1 Å². The third-order valence-electron chi connectivity index (χ3n) is 12.9. The van der Waals surface area contributed by atoms with Crippen LogP contribution in [0.3, 0.4) is 0 Å². The largest absolute Gasteiger partial charge is 0.372 e. The normalized spacial score (nSPS) is 17.1. The van der Waals surface area contributed by atoms with E-state index < -0.39 is 11.7 Å². The van der Waals surface area contributed by atoms with Crippen molar-refractivity contribution < 1.29 is 23.3 Å². The third kappa shape index (κ3) is 8.92. The first-order valence-electron chi connectivity index (χ1n) is 21.9. The lowest BCUT2D eigenvalue weighted by molar-refractivity contribution is -0.120. The molecule has 6 heterocycles. The molecule has 3 saturated heterocycles. The average molecular weight is 853 g/mol. The van der Waals surface area contributed by atoms with E-state index in [4.69, 9.17) is 4.52 Å². The van der Waals surface area contributed by atoms with Crippen LogP contribution in [0.25, 0.3) is 33.4 Å². The Morgan fingerprint density at radius 3 is 2.33 bits per heavy atom. The zero-order valence-corrected chi connectivity index (χ0v) is 36.2. The molecule has 4 amide bonds. The first-order chi connectivity index (χ1) is 30.4. The van der Waals surface area contributed by atoms with E-state index in [1.54, 1.807) is 24.0 Å². The summed E-state index contributed by atoms with van der Waals surface area (Å²) in [6.45, 7) is 13.3. The number of H-pyrrole nitrogens is 1. The Bertz CT molecular complexity index is 2640. The molecule has 3 aromatic carbocycles. The number of nitrogens with one attached hydrogen (secondary N) is 3. The summed E-state index contributed by atoms with van der Waals surface area (Å²) in [5.41, 5.74) is 7.37. The van der Waals surface area contributed by atoms with Crippen LogP contribution in [-0.2, 0) is 16.8 Å². The zero-order chi connectivity index (χ0) is 43.8. The van der Waals surface area contributed by atoms with Crippen LogP contribution in [0.2, 0.25) is 0 Å². The molecule has 14 nitrogen and oxygen atoms in total. The molecule has 0 radical (unpaired) electrons. The molecule has 3 N–H and O–H groups in total. The van der Waals surface area contributed by atoms with Gasteiger partial charge in [-0.3, -0.25) is 24.9 Å². The van der Waals surface area contributed by atoms with Gasteiger partial charge in [-0.15, -0.1) is 0 Å². The van der Waals surface area contributed by atoms with E-state index in [2.05, 4.69) is 82.2 Å². The molecule has 3 aliphatic rings. The Kier molecular flexibility index (Phi) is 11.5. The highest BCUT2D eigenvalue weighted by molar-refractivity contribution is 6.05. The van der Waals surface area contributed by atoms with Crippen LogP contribution in [-0.4, -0.2) is 87.3 Å². The molecule has 0 spiro atoms. The molecule has 6 aromatic rings. The topological polar surface area (TPSA) is 165 Å². The number of pyridine rings is 1. The summed E-state index contributed by atoms with van der Waals surface area (Å²) in [5, 5.41) is 17.1. The SMILES string of the molecule is Cc1c(CNC(=O)c2noc(C(C)(C)C)n2)ccc(-c2[nH]nc3ncc(-c4ccc(C5CCN(CC6CCN(c7ccc(N8CCC(=O)NC8=O)cc7)CC6)CC5)cc4)cc23)c1F. The van der Waals surface area contributed by atoms with Crippen LogP contribution in [0, 0.1) is 18.7 Å². The average Bonchev–Trinajstić information content (AvgIpc) is 3.97. The highest BCUT2D eigenvalue weighted by atomic mass is 19.1. The molecule has 15 heteroatoms. The Morgan fingerprint density at radius 2 is 1.63 bits per heavy atom. The van der Waals surface area contributed by atoms with E-state index in [1.165, 1.54) is 11.3 Å². The second-order valence-corrected chi connectivity index (χ2v) is 18.2. The number of aromatic nitrogens is 5. The van der Waals surface area contributed by atoms with Gasteiger partial charge in [0.25, 0.3) is 11.7 Å². The van der Waals surface area contributed by atoms with Crippen LogP contribution in [0.1, 0.15) is 92.0 Å². The highest BCUT2D eigenvalue weighted by Crippen LogP contribution is 2.35. The molecule has 0 unspecified atom stereocenters. The van der Waals surface area contributed by atoms with Crippen molar-refractivity contribution in [2.24, 2.45) is 5.92 Å². The van der Waals surface area contributed by atoms with Gasteiger partial charge in [0, 0.05) is 78.6 Å². The molecule has 3 aliphatic heterocycles. The number of halogens is 1. The summed E-state index contributed by atoms with van der Waals surface area (Å²) in [6.07, 6.45) is 6.71. The number of piperidine rings is 2. The number of rotatable bonds is 10. The number of anilines is 2. The van der Waals surface area contributed by atoms with Crippen LogP contribution < -0.4 is 20.4 Å². The quantitative estimate of drug-likeness (QED) is 0.123. The van der Waals surface area contributed by atoms with Crippen molar-refractivity contribution in [3.05, 3.63) is 107 Å². The van der Waals surface area contributed by atoms with Gasteiger partial charge in [-0.2, -0.15) is 10.1 Å². The van der Waals surface area contributed by atoms with Gasteiger partial charge in [0.05, 0.1) is 5.69 Å². The lowest BCUT2D eigenvalue weighted by Crippen LogP contribution is -2.49. The number of likely N-dealkylation sites (tertiary alicyclic amines) is 1.